The Hall–Kier alpha value is -1.55. The highest BCUT2D eigenvalue weighted by atomic mass is 16.5. The average molecular weight is 276 g/mol. The maximum atomic E-state index is 12.4. The van der Waals surface area contributed by atoms with E-state index in [4.69, 9.17) is 4.74 Å². The molecule has 20 heavy (non-hydrogen) atoms. The molecule has 1 atom stereocenters. The minimum atomic E-state index is -0.432. The number of rotatable bonds is 3. The van der Waals surface area contributed by atoms with Crippen molar-refractivity contribution < 1.29 is 9.53 Å². The number of carbonyl (C=O) groups is 1. The quantitative estimate of drug-likeness (QED) is 0.844. The van der Waals surface area contributed by atoms with Gasteiger partial charge in [0, 0.05) is 26.2 Å². The summed E-state index contributed by atoms with van der Waals surface area (Å²) in [6.45, 7) is 9.30. The van der Waals surface area contributed by atoms with Crippen LogP contribution in [-0.4, -0.2) is 55.0 Å². The third-order valence-corrected chi connectivity index (χ3v) is 3.81. The van der Waals surface area contributed by atoms with Crippen LogP contribution in [0.3, 0.4) is 0 Å². The van der Waals surface area contributed by atoms with Crippen molar-refractivity contribution in [1.82, 2.24) is 9.80 Å². The summed E-state index contributed by atoms with van der Waals surface area (Å²) in [6.07, 6.45) is -0.432. The Morgan fingerprint density at radius 2 is 1.85 bits per heavy atom. The lowest BCUT2D eigenvalue weighted by Crippen LogP contribution is -2.50. The van der Waals surface area contributed by atoms with Gasteiger partial charge < -0.3 is 14.5 Å². The number of hydrogen-bond acceptors (Lipinski definition) is 3. The Morgan fingerprint density at radius 1 is 1.20 bits per heavy atom. The Morgan fingerprint density at radius 3 is 2.50 bits per heavy atom. The fraction of sp³-hybridized carbons (Fsp3) is 0.562. The maximum Gasteiger partial charge on any atom is 0.263 e. The zero-order chi connectivity index (χ0) is 14.7. The molecular weight excluding hydrogens is 252 g/mol. The number of amides is 1. The van der Waals surface area contributed by atoms with Crippen LogP contribution in [0.15, 0.2) is 18.2 Å². The SMILES string of the molecule is Cc1ccc(C)c(O[C@@H](C)C(=O)N2CCN(C)CC2)c1. The monoisotopic (exact) mass is 276 g/mol. The predicted octanol–water partition coefficient (Wildman–Crippen LogP) is 1.84. The summed E-state index contributed by atoms with van der Waals surface area (Å²) in [4.78, 5) is 16.5. The van der Waals surface area contributed by atoms with Gasteiger partial charge in [-0.1, -0.05) is 12.1 Å². The molecule has 1 aliphatic rings. The number of ether oxygens (including phenoxy) is 1. The van der Waals surface area contributed by atoms with Gasteiger partial charge in [0.15, 0.2) is 6.10 Å². The van der Waals surface area contributed by atoms with Gasteiger partial charge in [0.25, 0.3) is 5.91 Å². The van der Waals surface area contributed by atoms with E-state index in [1.165, 1.54) is 0 Å². The molecule has 110 valence electrons. The van der Waals surface area contributed by atoms with E-state index in [0.717, 1.165) is 43.1 Å². The van der Waals surface area contributed by atoms with Crippen LogP contribution in [0.2, 0.25) is 0 Å². The van der Waals surface area contributed by atoms with Crippen molar-refractivity contribution in [1.29, 1.82) is 0 Å². The molecule has 0 spiro atoms. The Bertz CT molecular complexity index is 479. The van der Waals surface area contributed by atoms with Crippen LogP contribution in [-0.2, 0) is 4.79 Å². The standard InChI is InChI=1S/C16H24N2O2/c1-12-5-6-13(2)15(11-12)20-14(3)16(19)18-9-7-17(4)8-10-18/h5-6,11,14H,7-10H2,1-4H3/t14-/m0/s1. The predicted molar refractivity (Wildman–Crippen MR) is 80.1 cm³/mol. The number of nitrogens with zero attached hydrogens (tertiary/aromatic N) is 2. The van der Waals surface area contributed by atoms with E-state index in [1.807, 2.05) is 37.8 Å². The highest BCUT2D eigenvalue weighted by molar-refractivity contribution is 5.81. The van der Waals surface area contributed by atoms with E-state index in [2.05, 4.69) is 18.0 Å². The molecule has 0 aromatic heterocycles. The van der Waals surface area contributed by atoms with E-state index >= 15 is 0 Å². The Labute approximate surface area is 121 Å². The van der Waals surface area contributed by atoms with Crippen LogP contribution < -0.4 is 4.74 Å². The van der Waals surface area contributed by atoms with Crippen molar-refractivity contribution in [3.8, 4) is 5.75 Å². The summed E-state index contributed by atoms with van der Waals surface area (Å²) < 4.78 is 5.86. The van der Waals surface area contributed by atoms with Crippen molar-refractivity contribution in [3.63, 3.8) is 0 Å². The first kappa shape index (κ1) is 14.9. The van der Waals surface area contributed by atoms with Gasteiger partial charge in [-0.25, -0.2) is 0 Å². The van der Waals surface area contributed by atoms with E-state index in [-0.39, 0.29) is 5.91 Å². The highest BCUT2D eigenvalue weighted by Gasteiger charge is 2.25. The zero-order valence-electron chi connectivity index (χ0n) is 12.8. The van der Waals surface area contributed by atoms with Crippen molar-refractivity contribution in [2.75, 3.05) is 33.2 Å². The van der Waals surface area contributed by atoms with Crippen molar-refractivity contribution in [3.05, 3.63) is 29.3 Å². The maximum absolute atomic E-state index is 12.4. The van der Waals surface area contributed by atoms with E-state index in [1.54, 1.807) is 0 Å². The molecule has 4 nitrogen and oxygen atoms in total. The van der Waals surface area contributed by atoms with Gasteiger partial charge >= 0.3 is 0 Å². The van der Waals surface area contributed by atoms with Crippen LogP contribution in [0, 0.1) is 13.8 Å². The first-order valence-corrected chi connectivity index (χ1v) is 7.18. The first-order valence-electron chi connectivity index (χ1n) is 7.18. The molecule has 0 bridgehead atoms. The van der Waals surface area contributed by atoms with Gasteiger partial charge in [-0.3, -0.25) is 4.79 Å². The van der Waals surface area contributed by atoms with E-state index in [0.29, 0.717) is 0 Å². The van der Waals surface area contributed by atoms with Gasteiger partial charge in [-0.2, -0.15) is 0 Å². The van der Waals surface area contributed by atoms with Crippen molar-refractivity contribution >= 4 is 5.91 Å². The minimum absolute atomic E-state index is 0.0824. The smallest absolute Gasteiger partial charge is 0.263 e. The molecular formula is C16H24N2O2. The number of aryl methyl sites for hydroxylation is 2. The summed E-state index contributed by atoms with van der Waals surface area (Å²) in [5.41, 5.74) is 2.21. The summed E-state index contributed by atoms with van der Waals surface area (Å²) >= 11 is 0. The van der Waals surface area contributed by atoms with E-state index < -0.39 is 6.10 Å². The van der Waals surface area contributed by atoms with Gasteiger partial charge in [-0.05, 0) is 45.0 Å². The molecule has 0 unspecified atom stereocenters. The fourth-order valence-electron chi connectivity index (χ4n) is 2.36. The molecule has 1 amide bonds. The number of piperazine rings is 1. The summed E-state index contributed by atoms with van der Waals surface area (Å²) in [5, 5.41) is 0. The fourth-order valence-corrected chi connectivity index (χ4v) is 2.36. The molecule has 1 heterocycles. The van der Waals surface area contributed by atoms with Gasteiger partial charge in [0.05, 0.1) is 0 Å². The molecule has 2 rings (SSSR count). The number of likely N-dealkylation sites (N-methyl/N-ethyl adjacent to an activating group) is 1. The summed E-state index contributed by atoms with van der Waals surface area (Å²) in [7, 11) is 2.08. The molecule has 1 aromatic rings. The second kappa shape index (κ2) is 6.27. The lowest BCUT2D eigenvalue weighted by molar-refractivity contribution is -0.139. The van der Waals surface area contributed by atoms with Crippen LogP contribution in [0.5, 0.6) is 5.75 Å². The van der Waals surface area contributed by atoms with E-state index in [9.17, 15) is 4.79 Å². The lowest BCUT2D eigenvalue weighted by Gasteiger charge is -2.34. The van der Waals surface area contributed by atoms with Crippen LogP contribution in [0.25, 0.3) is 0 Å². The van der Waals surface area contributed by atoms with Crippen molar-refractivity contribution in [2.45, 2.75) is 26.9 Å². The average Bonchev–Trinajstić information content (AvgIpc) is 2.43. The minimum Gasteiger partial charge on any atom is -0.481 e. The largest absolute Gasteiger partial charge is 0.481 e. The molecule has 0 saturated carbocycles. The highest BCUT2D eigenvalue weighted by Crippen LogP contribution is 2.21. The second-order valence-electron chi connectivity index (χ2n) is 5.66. The molecule has 0 N–H and O–H groups in total. The topological polar surface area (TPSA) is 32.8 Å². The second-order valence-corrected chi connectivity index (χ2v) is 5.66. The molecule has 1 saturated heterocycles. The third kappa shape index (κ3) is 3.51. The Balaban J connectivity index is 1.98. The normalized spacial score (nSPS) is 17.9. The van der Waals surface area contributed by atoms with Crippen LogP contribution >= 0.6 is 0 Å². The first-order chi connectivity index (χ1) is 9.47. The zero-order valence-corrected chi connectivity index (χ0v) is 12.8. The third-order valence-electron chi connectivity index (χ3n) is 3.81. The number of carbonyl (C=O) groups excluding carboxylic acids is 1. The molecule has 1 fully saturated rings. The molecule has 0 aliphatic carbocycles. The number of hydrogen-bond donors (Lipinski definition) is 0. The number of benzene rings is 1. The van der Waals surface area contributed by atoms with Crippen LogP contribution in [0.1, 0.15) is 18.1 Å². The summed E-state index contributed by atoms with van der Waals surface area (Å²) in [6, 6.07) is 6.07. The van der Waals surface area contributed by atoms with Gasteiger partial charge in [0.2, 0.25) is 0 Å². The molecule has 1 aliphatic heterocycles. The van der Waals surface area contributed by atoms with Gasteiger partial charge in [0.1, 0.15) is 5.75 Å². The van der Waals surface area contributed by atoms with Gasteiger partial charge in [-0.15, -0.1) is 0 Å². The molecule has 1 aromatic carbocycles. The lowest BCUT2D eigenvalue weighted by atomic mass is 10.1. The van der Waals surface area contributed by atoms with Crippen molar-refractivity contribution in [2.24, 2.45) is 0 Å². The van der Waals surface area contributed by atoms with Crippen LogP contribution in [0.4, 0.5) is 0 Å². The molecule has 4 heteroatoms. The molecule has 0 radical (unpaired) electrons. The Kier molecular flexibility index (Phi) is 4.65. The summed E-state index contributed by atoms with van der Waals surface area (Å²) in [5.74, 6) is 0.888.